The lowest BCUT2D eigenvalue weighted by Gasteiger charge is -2.24. The van der Waals surface area contributed by atoms with Crippen LogP contribution < -0.4 is 0 Å². The largest absolute Gasteiger partial charge is 0.465 e. The first-order chi connectivity index (χ1) is 9.58. The van der Waals surface area contributed by atoms with Crippen LogP contribution in [0.4, 0.5) is 0 Å². The van der Waals surface area contributed by atoms with Crippen molar-refractivity contribution < 1.29 is 9.21 Å². The smallest absolute Gasteiger partial charge is 0.246 e. The van der Waals surface area contributed by atoms with E-state index in [1.807, 2.05) is 13.0 Å². The van der Waals surface area contributed by atoms with E-state index in [1.54, 1.807) is 30.4 Å². The lowest BCUT2D eigenvalue weighted by Crippen LogP contribution is -2.27. The number of likely N-dealkylation sites (N-methyl/N-ethyl adjacent to an activating group) is 1. The van der Waals surface area contributed by atoms with Gasteiger partial charge in [0, 0.05) is 13.1 Å². The first-order valence-corrected chi connectivity index (χ1v) is 6.63. The summed E-state index contributed by atoms with van der Waals surface area (Å²) in [5.41, 5.74) is 2.34. The van der Waals surface area contributed by atoms with Gasteiger partial charge in [-0.2, -0.15) is 0 Å². The molecule has 0 radical (unpaired) electrons. The van der Waals surface area contributed by atoms with Crippen LogP contribution in [0, 0.1) is 6.92 Å². The molecule has 2 rings (SSSR count). The van der Waals surface area contributed by atoms with E-state index in [1.165, 1.54) is 11.6 Å². The molecule has 0 aliphatic carbocycles. The summed E-state index contributed by atoms with van der Waals surface area (Å²) in [7, 11) is 1.80. The number of nitrogens with zero attached hydrogens (tertiary/aromatic N) is 1. The molecule has 0 N–H and O–H groups in total. The molecule has 20 heavy (non-hydrogen) atoms. The van der Waals surface area contributed by atoms with Gasteiger partial charge in [-0.25, -0.2) is 0 Å². The molecule has 0 fully saturated rings. The van der Waals surface area contributed by atoms with Crippen molar-refractivity contribution in [2.45, 2.75) is 19.9 Å². The number of carbonyl (C=O) groups is 1. The fraction of sp³-hybridized carbons (Fsp3) is 0.235. The van der Waals surface area contributed by atoms with Crippen molar-refractivity contribution in [2.75, 3.05) is 7.05 Å². The van der Waals surface area contributed by atoms with Gasteiger partial charge in [0.25, 0.3) is 0 Å². The summed E-state index contributed by atoms with van der Waals surface area (Å²) in [4.78, 5) is 13.8. The summed E-state index contributed by atoms with van der Waals surface area (Å²) >= 11 is 0. The first kappa shape index (κ1) is 14.1. The van der Waals surface area contributed by atoms with Gasteiger partial charge in [0.2, 0.25) is 5.91 Å². The minimum atomic E-state index is -0.0468. The molecule has 104 valence electrons. The van der Waals surface area contributed by atoms with Crippen LogP contribution in [-0.2, 0) is 4.79 Å². The highest BCUT2D eigenvalue weighted by atomic mass is 16.3. The van der Waals surface area contributed by atoms with Crippen molar-refractivity contribution in [2.24, 2.45) is 0 Å². The highest BCUT2D eigenvalue weighted by molar-refractivity contribution is 5.91. The highest BCUT2D eigenvalue weighted by Crippen LogP contribution is 2.19. The van der Waals surface area contributed by atoms with Crippen LogP contribution in [0.15, 0.2) is 53.2 Å². The second-order valence-electron chi connectivity index (χ2n) is 4.88. The standard InChI is InChI=1S/C17H19NO2/c1-13-6-8-15(9-7-13)14(2)18(3)17(19)11-10-16-5-4-12-20-16/h4-12,14H,1-3H3/b11-10+. The second kappa shape index (κ2) is 6.24. The molecule has 0 aliphatic rings. The molecule has 0 spiro atoms. The molecule has 0 bridgehead atoms. The third kappa shape index (κ3) is 3.38. The monoisotopic (exact) mass is 269 g/mol. The Balaban J connectivity index is 2.04. The zero-order valence-corrected chi connectivity index (χ0v) is 12.0. The second-order valence-corrected chi connectivity index (χ2v) is 4.88. The van der Waals surface area contributed by atoms with E-state index in [0.29, 0.717) is 5.76 Å². The maximum atomic E-state index is 12.1. The van der Waals surface area contributed by atoms with Crippen molar-refractivity contribution in [3.05, 3.63) is 65.6 Å². The van der Waals surface area contributed by atoms with Crippen molar-refractivity contribution in [1.82, 2.24) is 4.90 Å². The third-order valence-corrected chi connectivity index (χ3v) is 3.42. The maximum absolute atomic E-state index is 12.1. The van der Waals surface area contributed by atoms with Crippen molar-refractivity contribution in [3.8, 4) is 0 Å². The minimum Gasteiger partial charge on any atom is -0.465 e. The predicted molar refractivity (Wildman–Crippen MR) is 80.1 cm³/mol. The molecule has 0 aliphatic heterocycles. The summed E-state index contributed by atoms with van der Waals surface area (Å²) in [5, 5.41) is 0. The minimum absolute atomic E-state index is 0.0318. The summed E-state index contributed by atoms with van der Waals surface area (Å²) in [5.74, 6) is 0.629. The van der Waals surface area contributed by atoms with Gasteiger partial charge in [0.05, 0.1) is 12.3 Å². The number of aryl methyl sites for hydroxylation is 1. The van der Waals surface area contributed by atoms with E-state index in [9.17, 15) is 4.79 Å². The van der Waals surface area contributed by atoms with Crippen LogP contribution in [0.5, 0.6) is 0 Å². The van der Waals surface area contributed by atoms with Gasteiger partial charge in [-0.15, -0.1) is 0 Å². The molecule has 1 aromatic carbocycles. The Morgan fingerprint density at radius 2 is 1.95 bits per heavy atom. The quantitative estimate of drug-likeness (QED) is 0.791. The van der Waals surface area contributed by atoms with E-state index in [4.69, 9.17) is 4.42 Å². The van der Waals surface area contributed by atoms with Gasteiger partial charge in [-0.3, -0.25) is 4.79 Å². The average Bonchev–Trinajstić information content (AvgIpc) is 2.97. The normalized spacial score (nSPS) is 12.6. The average molecular weight is 269 g/mol. The summed E-state index contributed by atoms with van der Waals surface area (Å²) < 4.78 is 5.16. The summed E-state index contributed by atoms with van der Waals surface area (Å²) in [6.07, 6.45) is 4.80. The fourth-order valence-electron chi connectivity index (χ4n) is 1.92. The number of benzene rings is 1. The lowest BCUT2D eigenvalue weighted by atomic mass is 10.1. The topological polar surface area (TPSA) is 33.5 Å². The van der Waals surface area contributed by atoms with Gasteiger partial charge < -0.3 is 9.32 Å². The zero-order chi connectivity index (χ0) is 14.5. The van der Waals surface area contributed by atoms with Crippen LogP contribution in [0.25, 0.3) is 6.08 Å². The Bertz CT molecular complexity index is 582. The van der Waals surface area contributed by atoms with Gasteiger partial charge in [-0.05, 0) is 37.6 Å². The molecule has 1 heterocycles. The van der Waals surface area contributed by atoms with E-state index in [2.05, 4.69) is 31.2 Å². The Kier molecular flexibility index (Phi) is 4.41. The zero-order valence-electron chi connectivity index (χ0n) is 12.0. The molecule has 3 heteroatoms. The molecule has 1 amide bonds. The SMILES string of the molecule is Cc1ccc(C(C)N(C)C(=O)/C=C/c2ccco2)cc1. The van der Waals surface area contributed by atoms with Gasteiger partial charge in [0.1, 0.15) is 5.76 Å². The van der Waals surface area contributed by atoms with E-state index in [-0.39, 0.29) is 11.9 Å². The van der Waals surface area contributed by atoms with Crippen molar-refractivity contribution in [3.63, 3.8) is 0 Å². The van der Waals surface area contributed by atoms with Crippen molar-refractivity contribution in [1.29, 1.82) is 0 Å². The molecule has 1 unspecified atom stereocenters. The predicted octanol–water partition coefficient (Wildman–Crippen LogP) is 3.82. The number of amides is 1. The fourth-order valence-corrected chi connectivity index (χ4v) is 1.92. The molecular weight excluding hydrogens is 250 g/mol. The Labute approximate surface area is 119 Å². The summed E-state index contributed by atoms with van der Waals surface area (Å²) in [6.45, 7) is 4.07. The third-order valence-electron chi connectivity index (χ3n) is 3.42. The van der Waals surface area contributed by atoms with E-state index >= 15 is 0 Å². The highest BCUT2D eigenvalue weighted by Gasteiger charge is 2.15. The number of carbonyl (C=O) groups excluding carboxylic acids is 1. The van der Waals surface area contributed by atoms with Crippen molar-refractivity contribution >= 4 is 12.0 Å². The van der Waals surface area contributed by atoms with Crippen LogP contribution in [0.3, 0.4) is 0 Å². The van der Waals surface area contributed by atoms with Gasteiger partial charge in [-0.1, -0.05) is 29.8 Å². The molecular formula is C17H19NO2. The number of hydrogen-bond acceptors (Lipinski definition) is 2. The summed E-state index contributed by atoms with van der Waals surface area (Å²) in [6, 6.07) is 11.9. The Hall–Kier alpha value is -2.29. The van der Waals surface area contributed by atoms with Crippen LogP contribution in [0.1, 0.15) is 29.9 Å². The number of furan rings is 1. The van der Waals surface area contributed by atoms with Crippen LogP contribution in [0.2, 0.25) is 0 Å². The molecule has 0 saturated carbocycles. The molecule has 1 aromatic heterocycles. The number of rotatable bonds is 4. The lowest BCUT2D eigenvalue weighted by molar-refractivity contribution is -0.126. The van der Waals surface area contributed by atoms with Crippen LogP contribution >= 0.6 is 0 Å². The number of hydrogen-bond donors (Lipinski definition) is 0. The molecule has 1 atom stereocenters. The van der Waals surface area contributed by atoms with E-state index < -0.39 is 0 Å². The Morgan fingerprint density at radius 3 is 2.55 bits per heavy atom. The maximum Gasteiger partial charge on any atom is 0.246 e. The first-order valence-electron chi connectivity index (χ1n) is 6.63. The van der Waals surface area contributed by atoms with Crippen LogP contribution in [-0.4, -0.2) is 17.9 Å². The molecule has 0 saturated heterocycles. The molecule has 3 nitrogen and oxygen atoms in total. The molecule has 2 aromatic rings. The Morgan fingerprint density at radius 1 is 1.25 bits per heavy atom. The van der Waals surface area contributed by atoms with Gasteiger partial charge in [0.15, 0.2) is 0 Å². The van der Waals surface area contributed by atoms with Gasteiger partial charge >= 0.3 is 0 Å². The van der Waals surface area contributed by atoms with E-state index in [0.717, 1.165) is 5.56 Å².